The Morgan fingerprint density at radius 1 is 1.47 bits per heavy atom. The van der Waals surface area contributed by atoms with Crippen LogP contribution in [-0.4, -0.2) is 23.6 Å². The van der Waals surface area contributed by atoms with E-state index in [4.69, 9.17) is 11.6 Å². The molecule has 1 aliphatic heterocycles. The van der Waals surface area contributed by atoms with Crippen LogP contribution in [0.4, 0.5) is 5.69 Å². The van der Waals surface area contributed by atoms with Crippen molar-refractivity contribution in [3.05, 3.63) is 28.8 Å². The number of nitriles is 1. The minimum absolute atomic E-state index is 0.446. The van der Waals surface area contributed by atoms with Gasteiger partial charge in [0.2, 0.25) is 0 Å². The second-order valence-corrected chi connectivity index (χ2v) is 6.20. The number of anilines is 1. The minimum Gasteiger partial charge on any atom is -0.366 e. The van der Waals surface area contributed by atoms with Crippen LogP contribution in [0.2, 0.25) is 5.02 Å². The third kappa shape index (κ3) is 2.53. The lowest BCUT2D eigenvalue weighted by molar-refractivity contribution is 0.627. The summed E-state index contributed by atoms with van der Waals surface area (Å²) in [7, 11) is 0. The van der Waals surface area contributed by atoms with Gasteiger partial charge < -0.3 is 4.90 Å². The van der Waals surface area contributed by atoms with Crippen molar-refractivity contribution in [1.29, 1.82) is 5.26 Å². The van der Waals surface area contributed by atoms with Crippen LogP contribution in [0.5, 0.6) is 0 Å². The topological polar surface area (TPSA) is 27.0 Å². The molecule has 1 aromatic carbocycles. The van der Waals surface area contributed by atoms with Crippen molar-refractivity contribution in [2.75, 3.05) is 17.2 Å². The minimum atomic E-state index is 0.446. The Kier molecular flexibility index (Phi) is 3.86. The lowest BCUT2D eigenvalue weighted by Crippen LogP contribution is -2.45. The molecule has 1 aromatic rings. The molecule has 90 valence electrons. The Labute approximate surface area is 112 Å². The first kappa shape index (κ1) is 12.6. The summed E-state index contributed by atoms with van der Waals surface area (Å²) in [6.07, 6.45) is 0. The van der Waals surface area contributed by atoms with E-state index in [9.17, 15) is 5.26 Å². The zero-order valence-corrected chi connectivity index (χ0v) is 11.6. The second kappa shape index (κ2) is 5.20. The van der Waals surface area contributed by atoms with Crippen LogP contribution < -0.4 is 4.90 Å². The third-order valence-electron chi connectivity index (χ3n) is 3.27. The van der Waals surface area contributed by atoms with Gasteiger partial charge in [0.15, 0.2) is 0 Å². The summed E-state index contributed by atoms with van der Waals surface area (Å²) in [6.45, 7) is 5.45. The van der Waals surface area contributed by atoms with Crippen molar-refractivity contribution in [2.45, 2.75) is 25.1 Å². The van der Waals surface area contributed by atoms with E-state index in [1.807, 2.05) is 23.9 Å². The van der Waals surface area contributed by atoms with Crippen molar-refractivity contribution in [2.24, 2.45) is 0 Å². The number of nitrogens with zero attached hydrogens (tertiary/aromatic N) is 2. The number of hydrogen-bond acceptors (Lipinski definition) is 3. The summed E-state index contributed by atoms with van der Waals surface area (Å²) < 4.78 is 0. The monoisotopic (exact) mass is 266 g/mol. The zero-order chi connectivity index (χ0) is 12.4. The van der Waals surface area contributed by atoms with Crippen LogP contribution in [0, 0.1) is 11.3 Å². The standard InChI is InChI=1S/C13H15ClN2S/c1-9-10(2)17-6-5-16(9)13-4-3-12(14)7-11(13)8-15/h3-4,7,9-10H,5-6H2,1-2H3. The Morgan fingerprint density at radius 2 is 2.24 bits per heavy atom. The SMILES string of the molecule is CC1SCCN(c2ccc(Cl)cc2C#N)C1C. The first-order valence-electron chi connectivity index (χ1n) is 5.71. The molecule has 1 aliphatic rings. The molecular formula is C13H15ClN2S. The van der Waals surface area contributed by atoms with Crippen molar-refractivity contribution in [3.63, 3.8) is 0 Å². The lowest BCUT2D eigenvalue weighted by Gasteiger charge is -2.39. The summed E-state index contributed by atoms with van der Waals surface area (Å²) in [5.41, 5.74) is 1.68. The predicted octanol–water partition coefficient (Wildman–Crippen LogP) is 3.54. The molecule has 2 atom stereocenters. The molecule has 0 spiro atoms. The van der Waals surface area contributed by atoms with Crippen LogP contribution in [0.25, 0.3) is 0 Å². The summed E-state index contributed by atoms with van der Waals surface area (Å²) >= 11 is 7.92. The van der Waals surface area contributed by atoms with Crippen LogP contribution in [0.15, 0.2) is 18.2 Å². The number of halogens is 1. The molecule has 0 radical (unpaired) electrons. The van der Waals surface area contributed by atoms with E-state index in [1.165, 1.54) is 0 Å². The number of rotatable bonds is 1. The molecule has 4 heteroatoms. The molecule has 0 aromatic heterocycles. The van der Waals surface area contributed by atoms with E-state index in [-0.39, 0.29) is 0 Å². The van der Waals surface area contributed by atoms with Gasteiger partial charge in [-0.3, -0.25) is 0 Å². The Balaban J connectivity index is 2.36. The fourth-order valence-corrected chi connectivity index (χ4v) is 3.39. The smallest absolute Gasteiger partial charge is 0.101 e. The van der Waals surface area contributed by atoms with E-state index >= 15 is 0 Å². The van der Waals surface area contributed by atoms with E-state index < -0.39 is 0 Å². The maximum absolute atomic E-state index is 9.19. The molecule has 0 aliphatic carbocycles. The van der Waals surface area contributed by atoms with Gasteiger partial charge in [-0.1, -0.05) is 18.5 Å². The molecule has 2 rings (SSSR count). The fraction of sp³-hybridized carbons (Fsp3) is 0.462. The largest absolute Gasteiger partial charge is 0.366 e. The van der Waals surface area contributed by atoms with E-state index in [0.717, 1.165) is 18.0 Å². The van der Waals surface area contributed by atoms with E-state index in [2.05, 4.69) is 24.8 Å². The van der Waals surface area contributed by atoms with Gasteiger partial charge in [0.25, 0.3) is 0 Å². The van der Waals surface area contributed by atoms with Gasteiger partial charge >= 0.3 is 0 Å². The molecular weight excluding hydrogens is 252 g/mol. The molecule has 0 N–H and O–H groups in total. The quantitative estimate of drug-likeness (QED) is 0.778. The maximum atomic E-state index is 9.19. The van der Waals surface area contributed by atoms with Crippen molar-refractivity contribution in [3.8, 4) is 6.07 Å². The van der Waals surface area contributed by atoms with Gasteiger partial charge in [-0.2, -0.15) is 17.0 Å². The highest BCUT2D eigenvalue weighted by molar-refractivity contribution is 8.00. The van der Waals surface area contributed by atoms with E-state index in [0.29, 0.717) is 21.9 Å². The molecule has 1 fully saturated rings. The summed E-state index contributed by atoms with van der Waals surface area (Å²) in [4.78, 5) is 2.32. The highest BCUT2D eigenvalue weighted by Gasteiger charge is 2.26. The maximum Gasteiger partial charge on any atom is 0.101 e. The Hall–Kier alpha value is -0.850. The molecule has 1 heterocycles. The highest BCUT2D eigenvalue weighted by Crippen LogP contribution is 2.32. The number of thioether (sulfide) groups is 1. The molecule has 2 nitrogen and oxygen atoms in total. The predicted molar refractivity (Wildman–Crippen MR) is 74.9 cm³/mol. The normalized spacial score (nSPS) is 24.5. The molecule has 0 bridgehead atoms. The second-order valence-electron chi connectivity index (χ2n) is 4.28. The van der Waals surface area contributed by atoms with E-state index in [1.54, 1.807) is 6.07 Å². The molecule has 1 saturated heterocycles. The van der Waals surface area contributed by atoms with Crippen molar-refractivity contribution in [1.82, 2.24) is 0 Å². The van der Waals surface area contributed by atoms with Crippen LogP contribution >= 0.6 is 23.4 Å². The lowest BCUT2D eigenvalue weighted by atomic mass is 10.1. The Morgan fingerprint density at radius 3 is 2.94 bits per heavy atom. The van der Waals surface area contributed by atoms with Gasteiger partial charge in [-0.25, -0.2) is 0 Å². The van der Waals surface area contributed by atoms with Gasteiger partial charge in [-0.15, -0.1) is 0 Å². The van der Waals surface area contributed by atoms with Gasteiger partial charge in [0.05, 0.1) is 11.3 Å². The fourth-order valence-electron chi connectivity index (χ4n) is 2.12. The summed E-state index contributed by atoms with van der Waals surface area (Å²) in [6, 6.07) is 8.24. The average molecular weight is 267 g/mol. The third-order valence-corrected chi connectivity index (χ3v) is 4.85. The van der Waals surface area contributed by atoms with Gasteiger partial charge in [0, 0.05) is 28.6 Å². The van der Waals surface area contributed by atoms with Crippen LogP contribution in [0.3, 0.4) is 0 Å². The van der Waals surface area contributed by atoms with Gasteiger partial charge in [0.1, 0.15) is 6.07 Å². The van der Waals surface area contributed by atoms with Gasteiger partial charge in [-0.05, 0) is 25.1 Å². The highest BCUT2D eigenvalue weighted by atomic mass is 35.5. The molecule has 2 unspecified atom stereocenters. The average Bonchev–Trinajstić information content (AvgIpc) is 2.33. The zero-order valence-electron chi connectivity index (χ0n) is 9.98. The van der Waals surface area contributed by atoms with Crippen molar-refractivity contribution < 1.29 is 0 Å². The molecule has 17 heavy (non-hydrogen) atoms. The Bertz CT molecular complexity index is 455. The summed E-state index contributed by atoms with van der Waals surface area (Å²) in [5.74, 6) is 1.11. The van der Waals surface area contributed by atoms with Crippen LogP contribution in [0.1, 0.15) is 19.4 Å². The summed E-state index contributed by atoms with van der Waals surface area (Å²) in [5, 5.41) is 10.4. The first-order valence-corrected chi connectivity index (χ1v) is 7.14. The number of hydrogen-bond donors (Lipinski definition) is 0. The number of benzene rings is 1. The molecule has 0 amide bonds. The molecule has 0 saturated carbocycles. The van der Waals surface area contributed by atoms with Crippen molar-refractivity contribution >= 4 is 29.1 Å². The first-order chi connectivity index (χ1) is 8.13. The van der Waals surface area contributed by atoms with Crippen LogP contribution in [-0.2, 0) is 0 Å².